The molecule has 0 saturated carbocycles. The zero-order valence-electron chi connectivity index (χ0n) is 11.1. The normalized spacial score (nSPS) is 14.8. The highest BCUT2D eigenvalue weighted by atomic mass is 32.2. The Hall–Kier alpha value is -2.51. The minimum Gasteiger partial charge on any atom is -0.478 e. The quantitative estimate of drug-likeness (QED) is 0.805. The summed E-state index contributed by atoms with van der Waals surface area (Å²) in [6.45, 7) is -0.0124. The Balaban J connectivity index is 1.94. The number of nitriles is 1. The van der Waals surface area contributed by atoms with Crippen LogP contribution in [0.3, 0.4) is 0 Å². The molecule has 3 nitrogen and oxygen atoms in total. The molecule has 0 radical (unpaired) electrons. The minimum atomic E-state index is -0.0124. The molecular formula is C17H11NO2S. The molecule has 0 fully saturated rings. The first-order valence-electron chi connectivity index (χ1n) is 6.41. The number of Topliss-reactive ketones (excluding diaryl/α,β-unsaturated/α-hetero) is 1. The summed E-state index contributed by atoms with van der Waals surface area (Å²) in [7, 11) is 0. The molecule has 1 aliphatic rings. The van der Waals surface area contributed by atoms with E-state index in [1.54, 1.807) is 6.07 Å². The van der Waals surface area contributed by atoms with Gasteiger partial charge >= 0.3 is 0 Å². The Bertz CT molecular complexity index is 774. The molecule has 0 N–H and O–H groups in total. The van der Waals surface area contributed by atoms with Crippen LogP contribution < -0.4 is 4.74 Å². The van der Waals surface area contributed by atoms with E-state index in [1.807, 2.05) is 54.6 Å². The average molecular weight is 293 g/mol. The monoisotopic (exact) mass is 293 g/mol. The van der Waals surface area contributed by atoms with Crippen molar-refractivity contribution in [3.8, 4) is 11.8 Å². The van der Waals surface area contributed by atoms with Crippen LogP contribution in [0, 0.1) is 11.3 Å². The van der Waals surface area contributed by atoms with Gasteiger partial charge in [0.25, 0.3) is 0 Å². The Kier molecular flexibility index (Phi) is 3.76. The molecule has 0 saturated heterocycles. The SMILES string of the molecule is N#CCOc1ccccc1C=C1Sc2ccccc2C1=O. The third-order valence-electron chi connectivity index (χ3n) is 3.07. The first kappa shape index (κ1) is 13.5. The molecule has 0 aliphatic carbocycles. The number of fused-ring (bicyclic) bond motifs is 1. The topological polar surface area (TPSA) is 50.1 Å². The number of ether oxygens (including phenoxy) is 1. The predicted molar refractivity (Wildman–Crippen MR) is 82.2 cm³/mol. The summed E-state index contributed by atoms with van der Waals surface area (Å²) in [5.74, 6) is 0.640. The maximum absolute atomic E-state index is 12.3. The molecule has 21 heavy (non-hydrogen) atoms. The maximum Gasteiger partial charge on any atom is 0.200 e. The summed E-state index contributed by atoms with van der Waals surface area (Å²) in [6.07, 6.45) is 1.82. The van der Waals surface area contributed by atoms with Crippen molar-refractivity contribution in [2.24, 2.45) is 0 Å². The second-order valence-electron chi connectivity index (χ2n) is 4.42. The van der Waals surface area contributed by atoms with E-state index in [2.05, 4.69) is 0 Å². The number of nitrogens with zero attached hydrogens (tertiary/aromatic N) is 1. The Labute approximate surface area is 126 Å². The fraction of sp³-hybridized carbons (Fsp3) is 0.0588. The van der Waals surface area contributed by atoms with E-state index in [1.165, 1.54) is 11.8 Å². The van der Waals surface area contributed by atoms with Gasteiger partial charge in [0.15, 0.2) is 6.61 Å². The molecule has 0 bridgehead atoms. The van der Waals surface area contributed by atoms with Gasteiger partial charge in [-0.2, -0.15) is 5.26 Å². The Morgan fingerprint density at radius 2 is 1.90 bits per heavy atom. The molecule has 1 heterocycles. The van der Waals surface area contributed by atoms with Crippen molar-refractivity contribution < 1.29 is 9.53 Å². The van der Waals surface area contributed by atoms with Crippen molar-refractivity contribution in [1.29, 1.82) is 5.26 Å². The highest BCUT2D eigenvalue weighted by molar-refractivity contribution is 8.04. The highest BCUT2D eigenvalue weighted by Crippen LogP contribution is 2.41. The summed E-state index contributed by atoms with van der Waals surface area (Å²) in [5, 5.41) is 8.61. The number of rotatable bonds is 3. The van der Waals surface area contributed by atoms with E-state index < -0.39 is 0 Å². The van der Waals surface area contributed by atoms with Crippen LogP contribution in [0.1, 0.15) is 15.9 Å². The predicted octanol–water partition coefficient (Wildman–Crippen LogP) is 3.92. The van der Waals surface area contributed by atoms with Crippen LogP contribution in [0.15, 0.2) is 58.3 Å². The molecule has 3 rings (SSSR count). The van der Waals surface area contributed by atoms with Crippen LogP contribution in [-0.4, -0.2) is 12.4 Å². The maximum atomic E-state index is 12.3. The number of hydrogen-bond acceptors (Lipinski definition) is 4. The van der Waals surface area contributed by atoms with Crippen LogP contribution >= 0.6 is 11.8 Å². The number of para-hydroxylation sites is 1. The van der Waals surface area contributed by atoms with E-state index in [0.29, 0.717) is 10.7 Å². The van der Waals surface area contributed by atoms with Crippen molar-refractivity contribution in [3.63, 3.8) is 0 Å². The van der Waals surface area contributed by atoms with Gasteiger partial charge in [-0.3, -0.25) is 4.79 Å². The number of benzene rings is 2. The summed E-state index contributed by atoms with van der Waals surface area (Å²) in [6, 6.07) is 16.9. The number of carbonyl (C=O) groups is 1. The van der Waals surface area contributed by atoms with Crippen molar-refractivity contribution in [3.05, 3.63) is 64.6 Å². The van der Waals surface area contributed by atoms with Gasteiger partial charge in [0, 0.05) is 16.0 Å². The van der Waals surface area contributed by atoms with Gasteiger partial charge < -0.3 is 4.74 Å². The zero-order valence-corrected chi connectivity index (χ0v) is 11.9. The second kappa shape index (κ2) is 5.86. The van der Waals surface area contributed by atoms with Crippen LogP contribution in [0.25, 0.3) is 6.08 Å². The second-order valence-corrected chi connectivity index (χ2v) is 5.50. The van der Waals surface area contributed by atoms with Crippen molar-refractivity contribution in [2.75, 3.05) is 6.61 Å². The van der Waals surface area contributed by atoms with Gasteiger partial charge in [-0.05, 0) is 24.3 Å². The summed E-state index contributed by atoms with van der Waals surface area (Å²) < 4.78 is 5.38. The lowest BCUT2D eigenvalue weighted by Crippen LogP contribution is -1.97. The van der Waals surface area contributed by atoms with Gasteiger partial charge in [-0.1, -0.05) is 42.1 Å². The van der Waals surface area contributed by atoms with E-state index in [0.717, 1.165) is 16.0 Å². The molecule has 4 heteroatoms. The minimum absolute atomic E-state index is 0.0124. The first-order valence-corrected chi connectivity index (χ1v) is 7.23. The van der Waals surface area contributed by atoms with E-state index >= 15 is 0 Å². The lowest BCUT2D eigenvalue weighted by atomic mass is 10.1. The van der Waals surface area contributed by atoms with Crippen molar-refractivity contribution in [1.82, 2.24) is 0 Å². The standard InChI is InChI=1S/C17H11NO2S/c18-9-10-20-14-7-3-1-5-12(14)11-16-17(19)13-6-2-4-8-15(13)21-16/h1-8,11H,10H2. The lowest BCUT2D eigenvalue weighted by Gasteiger charge is -2.05. The molecule has 2 aromatic carbocycles. The highest BCUT2D eigenvalue weighted by Gasteiger charge is 2.25. The number of thioether (sulfide) groups is 1. The lowest BCUT2D eigenvalue weighted by molar-refractivity contribution is 0.104. The third-order valence-corrected chi connectivity index (χ3v) is 4.17. The summed E-state index contributed by atoms with van der Waals surface area (Å²) >= 11 is 1.46. The van der Waals surface area contributed by atoms with Crippen LogP contribution in [-0.2, 0) is 0 Å². The molecule has 0 atom stereocenters. The van der Waals surface area contributed by atoms with Crippen molar-refractivity contribution in [2.45, 2.75) is 4.90 Å². The van der Waals surface area contributed by atoms with Gasteiger partial charge in [-0.15, -0.1) is 0 Å². The van der Waals surface area contributed by atoms with Crippen LogP contribution in [0.5, 0.6) is 5.75 Å². The van der Waals surface area contributed by atoms with Gasteiger partial charge in [0.1, 0.15) is 11.8 Å². The molecule has 1 aliphatic heterocycles. The Morgan fingerprint density at radius 3 is 2.71 bits per heavy atom. The Morgan fingerprint density at radius 1 is 1.14 bits per heavy atom. The largest absolute Gasteiger partial charge is 0.478 e. The number of carbonyl (C=O) groups excluding carboxylic acids is 1. The van der Waals surface area contributed by atoms with Crippen LogP contribution in [0.2, 0.25) is 0 Å². The van der Waals surface area contributed by atoms with E-state index in [-0.39, 0.29) is 12.4 Å². The molecule has 0 aromatic heterocycles. The molecule has 102 valence electrons. The summed E-state index contributed by atoms with van der Waals surface area (Å²) in [4.78, 5) is 14.0. The number of hydrogen-bond donors (Lipinski definition) is 0. The smallest absolute Gasteiger partial charge is 0.200 e. The van der Waals surface area contributed by atoms with E-state index in [9.17, 15) is 4.79 Å². The fourth-order valence-corrected chi connectivity index (χ4v) is 3.16. The number of ketones is 1. The van der Waals surface area contributed by atoms with Crippen LogP contribution in [0.4, 0.5) is 0 Å². The number of allylic oxidation sites excluding steroid dienone is 1. The third kappa shape index (κ3) is 2.69. The fourth-order valence-electron chi connectivity index (χ4n) is 2.12. The average Bonchev–Trinajstić information content (AvgIpc) is 2.83. The molecule has 0 unspecified atom stereocenters. The molecule has 2 aromatic rings. The molecule has 0 amide bonds. The molecular weight excluding hydrogens is 282 g/mol. The zero-order chi connectivity index (χ0) is 14.7. The van der Waals surface area contributed by atoms with Gasteiger partial charge in [0.2, 0.25) is 5.78 Å². The van der Waals surface area contributed by atoms with E-state index in [4.69, 9.17) is 10.00 Å². The van der Waals surface area contributed by atoms with Crippen molar-refractivity contribution >= 4 is 23.6 Å². The van der Waals surface area contributed by atoms with Gasteiger partial charge in [0.05, 0.1) is 4.91 Å². The first-order chi connectivity index (χ1) is 10.3. The van der Waals surface area contributed by atoms with Gasteiger partial charge in [-0.25, -0.2) is 0 Å². The molecule has 0 spiro atoms. The summed E-state index contributed by atoms with van der Waals surface area (Å²) in [5.41, 5.74) is 1.54.